The Morgan fingerprint density at radius 3 is 2.43 bits per heavy atom. The average Bonchev–Trinajstić information content (AvgIpc) is 3.61. The predicted octanol–water partition coefficient (Wildman–Crippen LogP) is 6.56. The van der Waals surface area contributed by atoms with E-state index in [1.54, 1.807) is 28.9 Å². The lowest BCUT2D eigenvalue weighted by Gasteiger charge is -2.11. The summed E-state index contributed by atoms with van der Waals surface area (Å²) < 4.78 is 7.44. The summed E-state index contributed by atoms with van der Waals surface area (Å²) in [4.78, 5) is 24.7. The van der Waals surface area contributed by atoms with E-state index in [2.05, 4.69) is 5.32 Å². The molecule has 3 aromatic carbocycles. The summed E-state index contributed by atoms with van der Waals surface area (Å²) in [6, 6.07) is 22.3. The maximum Gasteiger partial charge on any atom is 0.309 e. The Morgan fingerprint density at radius 2 is 1.77 bits per heavy atom. The van der Waals surface area contributed by atoms with E-state index < -0.39 is 5.97 Å². The predicted molar refractivity (Wildman–Crippen MR) is 136 cm³/mol. The van der Waals surface area contributed by atoms with E-state index in [0.29, 0.717) is 28.1 Å². The van der Waals surface area contributed by atoms with E-state index >= 15 is 0 Å². The fraction of sp³-hybridized carbons (Fsp3) is 0.179. The maximum absolute atomic E-state index is 12.6. The number of halogens is 1. The minimum absolute atomic E-state index is 0.283. The zero-order valence-electron chi connectivity index (χ0n) is 19.4. The van der Waals surface area contributed by atoms with E-state index in [1.807, 2.05) is 55.5 Å². The van der Waals surface area contributed by atoms with Gasteiger partial charge in [0.05, 0.1) is 27.5 Å². The highest BCUT2D eigenvalue weighted by Gasteiger charge is 2.34. The van der Waals surface area contributed by atoms with Crippen LogP contribution in [0.1, 0.15) is 47.3 Å². The summed E-state index contributed by atoms with van der Waals surface area (Å²) in [7, 11) is 0. The van der Waals surface area contributed by atoms with E-state index in [0.717, 1.165) is 40.9 Å². The van der Waals surface area contributed by atoms with Crippen LogP contribution in [0.3, 0.4) is 0 Å². The highest BCUT2D eigenvalue weighted by molar-refractivity contribution is 6.34. The average molecular weight is 486 g/mol. The molecule has 0 aliphatic heterocycles. The van der Waals surface area contributed by atoms with Gasteiger partial charge in [-0.1, -0.05) is 48.0 Å². The van der Waals surface area contributed by atoms with Crippen molar-refractivity contribution in [3.8, 4) is 22.7 Å². The number of benzene rings is 3. The molecule has 7 heteroatoms. The van der Waals surface area contributed by atoms with Crippen LogP contribution >= 0.6 is 11.6 Å². The molecule has 6 nitrogen and oxygen atoms in total. The molecule has 1 heterocycles. The van der Waals surface area contributed by atoms with E-state index in [1.165, 1.54) is 6.92 Å². The smallest absolute Gasteiger partial charge is 0.309 e. The second-order valence-electron chi connectivity index (χ2n) is 8.70. The molecule has 1 amide bonds. The van der Waals surface area contributed by atoms with Crippen LogP contribution in [0.5, 0.6) is 5.88 Å². The van der Waals surface area contributed by atoms with Gasteiger partial charge in [-0.25, -0.2) is 0 Å². The molecule has 1 aliphatic rings. The van der Waals surface area contributed by atoms with Gasteiger partial charge in [-0.15, -0.1) is 0 Å². The summed E-state index contributed by atoms with van der Waals surface area (Å²) in [5.74, 6) is 0.0312. The molecular weight excluding hydrogens is 462 g/mol. The van der Waals surface area contributed by atoms with Crippen LogP contribution in [0.25, 0.3) is 16.8 Å². The monoisotopic (exact) mass is 485 g/mol. The molecule has 35 heavy (non-hydrogen) atoms. The quantitative estimate of drug-likeness (QED) is 0.314. The number of ether oxygens (including phenoxy) is 1. The minimum Gasteiger partial charge on any atom is -0.407 e. The summed E-state index contributed by atoms with van der Waals surface area (Å²) in [5.41, 5.74) is 5.53. The van der Waals surface area contributed by atoms with Crippen LogP contribution in [0.15, 0.2) is 72.8 Å². The molecular formula is C28H24ClN3O3. The highest BCUT2D eigenvalue weighted by Crippen LogP contribution is 2.48. The molecule has 0 unspecified atom stereocenters. The van der Waals surface area contributed by atoms with Gasteiger partial charge < -0.3 is 10.1 Å². The van der Waals surface area contributed by atoms with Crippen molar-refractivity contribution >= 4 is 29.2 Å². The van der Waals surface area contributed by atoms with Gasteiger partial charge in [-0.05, 0) is 67.3 Å². The molecule has 1 aromatic heterocycles. The Kier molecular flexibility index (Phi) is 6.14. The fourth-order valence-electron chi connectivity index (χ4n) is 4.06. The third-order valence-electron chi connectivity index (χ3n) is 5.87. The number of nitrogens with zero attached hydrogens (tertiary/aromatic N) is 2. The lowest BCUT2D eigenvalue weighted by atomic mass is 10.0. The van der Waals surface area contributed by atoms with Crippen molar-refractivity contribution in [2.24, 2.45) is 0 Å². The van der Waals surface area contributed by atoms with Crippen molar-refractivity contribution in [1.29, 1.82) is 0 Å². The van der Waals surface area contributed by atoms with E-state index in [-0.39, 0.29) is 5.91 Å². The number of amides is 1. The summed E-state index contributed by atoms with van der Waals surface area (Å²) >= 11 is 6.15. The topological polar surface area (TPSA) is 73.2 Å². The Labute approximate surface area is 208 Å². The molecule has 4 aromatic rings. The first-order valence-corrected chi connectivity index (χ1v) is 11.8. The first-order chi connectivity index (χ1) is 16.9. The van der Waals surface area contributed by atoms with Crippen molar-refractivity contribution < 1.29 is 14.3 Å². The second kappa shape index (κ2) is 9.39. The first-order valence-electron chi connectivity index (χ1n) is 11.5. The van der Waals surface area contributed by atoms with E-state index in [9.17, 15) is 9.59 Å². The van der Waals surface area contributed by atoms with Crippen LogP contribution < -0.4 is 10.1 Å². The number of rotatable bonds is 6. The zero-order valence-corrected chi connectivity index (χ0v) is 20.2. The molecule has 0 spiro atoms. The van der Waals surface area contributed by atoms with Crippen LogP contribution in [-0.4, -0.2) is 21.7 Å². The largest absolute Gasteiger partial charge is 0.407 e. The number of carbonyl (C=O) groups excluding carboxylic acids is 2. The van der Waals surface area contributed by atoms with Crippen LogP contribution in [0.4, 0.5) is 5.69 Å². The molecule has 1 N–H and O–H groups in total. The summed E-state index contributed by atoms with van der Waals surface area (Å²) in [6.07, 6.45) is 2.09. The number of esters is 1. The lowest BCUT2D eigenvalue weighted by Crippen LogP contribution is -2.12. The standard InChI is InChI=1S/C28H24ClN3O3/c1-17-6-5-7-22(16-17)32-28(35-18(2)33)25(26(31-32)20-10-11-20)19-12-14-21(15-13-19)30-27(34)23-8-3-4-9-24(23)29/h3-9,12-16,20H,10-11H2,1-2H3,(H,30,34). The number of carbonyl (C=O) groups is 2. The number of anilines is 1. The molecule has 0 radical (unpaired) electrons. The molecule has 1 fully saturated rings. The molecule has 1 aliphatic carbocycles. The number of hydrogen-bond donors (Lipinski definition) is 1. The first kappa shape index (κ1) is 22.9. The number of nitrogens with one attached hydrogen (secondary N) is 1. The lowest BCUT2D eigenvalue weighted by molar-refractivity contribution is -0.132. The molecule has 176 valence electrons. The minimum atomic E-state index is -0.411. The second-order valence-corrected chi connectivity index (χ2v) is 9.10. The van der Waals surface area contributed by atoms with Crippen molar-refractivity contribution in [3.63, 3.8) is 0 Å². The van der Waals surface area contributed by atoms with Gasteiger partial charge in [0.2, 0.25) is 5.88 Å². The third-order valence-corrected chi connectivity index (χ3v) is 6.20. The Hall–Kier alpha value is -3.90. The molecule has 0 bridgehead atoms. The van der Waals surface area contributed by atoms with Crippen LogP contribution in [0.2, 0.25) is 5.02 Å². The zero-order chi connectivity index (χ0) is 24.5. The SMILES string of the molecule is CC(=O)Oc1c(-c2ccc(NC(=O)c3ccccc3Cl)cc2)c(C2CC2)nn1-c1cccc(C)c1. The van der Waals surface area contributed by atoms with Crippen molar-refractivity contribution in [1.82, 2.24) is 9.78 Å². The molecule has 5 rings (SSSR count). The van der Waals surface area contributed by atoms with Crippen LogP contribution in [0, 0.1) is 6.92 Å². The summed E-state index contributed by atoms with van der Waals surface area (Å²) in [6.45, 7) is 3.40. The molecule has 1 saturated carbocycles. The highest BCUT2D eigenvalue weighted by atomic mass is 35.5. The van der Waals surface area contributed by atoms with Gasteiger partial charge in [-0.3, -0.25) is 9.59 Å². The third kappa shape index (κ3) is 4.84. The maximum atomic E-state index is 12.6. The van der Waals surface area contributed by atoms with Gasteiger partial charge in [-0.2, -0.15) is 9.78 Å². The van der Waals surface area contributed by atoms with E-state index in [4.69, 9.17) is 21.4 Å². The Balaban J connectivity index is 1.53. The van der Waals surface area contributed by atoms with Crippen molar-refractivity contribution in [2.45, 2.75) is 32.6 Å². The van der Waals surface area contributed by atoms with Gasteiger partial charge in [0.15, 0.2) is 0 Å². The number of hydrogen-bond acceptors (Lipinski definition) is 4. The fourth-order valence-corrected chi connectivity index (χ4v) is 4.28. The normalized spacial score (nSPS) is 12.9. The number of aromatic nitrogens is 2. The van der Waals surface area contributed by atoms with Gasteiger partial charge >= 0.3 is 5.97 Å². The summed E-state index contributed by atoms with van der Waals surface area (Å²) in [5, 5.41) is 8.16. The number of aryl methyl sites for hydroxylation is 1. The molecule has 0 atom stereocenters. The Morgan fingerprint density at radius 1 is 1.03 bits per heavy atom. The van der Waals surface area contributed by atoms with Crippen molar-refractivity contribution in [2.75, 3.05) is 5.32 Å². The Bertz CT molecular complexity index is 1420. The van der Waals surface area contributed by atoms with Crippen molar-refractivity contribution in [3.05, 3.63) is 94.6 Å². The molecule has 0 saturated heterocycles. The van der Waals surface area contributed by atoms with Gasteiger partial charge in [0, 0.05) is 18.5 Å². The van der Waals surface area contributed by atoms with Crippen LogP contribution in [-0.2, 0) is 4.79 Å². The van der Waals surface area contributed by atoms with Gasteiger partial charge in [0.1, 0.15) is 0 Å². The van der Waals surface area contributed by atoms with Gasteiger partial charge in [0.25, 0.3) is 5.91 Å².